The Bertz CT molecular complexity index is 1010. The van der Waals surface area contributed by atoms with Crippen LogP contribution in [0.25, 0.3) is 0 Å². The normalized spacial score (nSPS) is 11.0. The van der Waals surface area contributed by atoms with Crippen molar-refractivity contribution in [2.24, 2.45) is 5.10 Å². The molecule has 0 heterocycles. The number of carbonyl (C=O) groups excluding carboxylic acids is 2. The fraction of sp³-hybridized carbons (Fsp3) is 0.0870. The Kier molecular flexibility index (Phi) is 6.37. The van der Waals surface area contributed by atoms with E-state index in [0.29, 0.717) is 23.4 Å². The highest BCUT2D eigenvalue weighted by molar-refractivity contribution is 6.01. The van der Waals surface area contributed by atoms with Crippen molar-refractivity contribution in [3.05, 3.63) is 95.6 Å². The number of rotatable bonds is 6. The van der Waals surface area contributed by atoms with Crippen LogP contribution in [0.3, 0.4) is 0 Å². The van der Waals surface area contributed by atoms with Crippen LogP contribution in [0.4, 0.5) is 5.69 Å². The third-order valence-electron chi connectivity index (χ3n) is 4.25. The van der Waals surface area contributed by atoms with Crippen LogP contribution in [0.1, 0.15) is 28.4 Å². The highest BCUT2D eigenvalue weighted by atomic mass is 16.3. The average molecular weight is 387 g/mol. The molecule has 29 heavy (non-hydrogen) atoms. The number of nitrogens with one attached hydrogen (secondary N) is 2. The lowest BCUT2D eigenvalue weighted by molar-refractivity contribution is -0.115. The molecule has 2 amide bonds. The Hall–Kier alpha value is -3.93. The van der Waals surface area contributed by atoms with Crippen LogP contribution in [-0.2, 0) is 11.2 Å². The van der Waals surface area contributed by atoms with E-state index in [1.165, 1.54) is 24.3 Å². The molecule has 0 atom stereocenters. The van der Waals surface area contributed by atoms with Crippen molar-refractivity contribution in [2.45, 2.75) is 13.3 Å². The van der Waals surface area contributed by atoms with Crippen LogP contribution in [0, 0.1) is 0 Å². The highest BCUT2D eigenvalue weighted by Gasteiger charge is 2.06. The molecule has 0 bridgehead atoms. The lowest BCUT2D eigenvalue weighted by atomic mass is 10.1. The summed E-state index contributed by atoms with van der Waals surface area (Å²) in [5, 5.41) is 16.2. The van der Waals surface area contributed by atoms with E-state index < -0.39 is 0 Å². The molecular formula is C23H21N3O3. The molecular weight excluding hydrogens is 366 g/mol. The van der Waals surface area contributed by atoms with Crippen molar-refractivity contribution < 1.29 is 14.7 Å². The van der Waals surface area contributed by atoms with Crippen molar-refractivity contribution in [1.29, 1.82) is 0 Å². The average Bonchev–Trinajstić information content (AvgIpc) is 2.73. The Morgan fingerprint density at radius 2 is 1.48 bits per heavy atom. The Balaban J connectivity index is 1.57. The van der Waals surface area contributed by atoms with Crippen molar-refractivity contribution >= 4 is 23.2 Å². The number of benzene rings is 3. The standard InChI is InChI=1S/C23H21N3O3/c1-16(25-26-23(29)19-9-13-21(27)14-10-19)18-7-11-20(12-8-18)24-22(28)15-17-5-3-2-4-6-17/h2-14,27H,15H2,1H3,(H,24,28)(H,26,29)/b25-16-. The molecule has 0 spiro atoms. The van der Waals surface area contributed by atoms with Crippen LogP contribution in [0.15, 0.2) is 84.0 Å². The third-order valence-corrected chi connectivity index (χ3v) is 4.25. The lowest BCUT2D eigenvalue weighted by Gasteiger charge is -2.07. The minimum Gasteiger partial charge on any atom is -0.508 e. The van der Waals surface area contributed by atoms with E-state index in [2.05, 4.69) is 15.8 Å². The molecule has 0 radical (unpaired) electrons. The summed E-state index contributed by atoms with van der Waals surface area (Å²) in [6, 6.07) is 22.7. The largest absolute Gasteiger partial charge is 0.508 e. The van der Waals surface area contributed by atoms with Crippen molar-refractivity contribution in [1.82, 2.24) is 5.43 Å². The van der Waals surface area contributed by atoms with E-state index in [1.54, 1.807) is 19.1 Å². The number of phenolic OH excluding ortho intramolecular Hbond substituents is 1. The topological polar surface area (TPSA) is 90.8 Å². The predicted octanol–water partition coefficient (Wildman–Crippen LogP) is 3.73. The number of carbonyl (C=O) groups is 2. The summed E-state index contributed by atoms with van der Waals surface area (Å²) in [6.45, 7) is 1.78. The van der Waals surface area contributed by atoms with Gasteiger partial charge in [0.2, 0.25) is 5.91 Å². The fourth-order valence-electron chi connectivity index (χ4n) is 2.66. The van der Waals surface area contributed by atoms with Gasteiger partial charge in [-0.25, -0.2) is 5.43 Å². The Labute approximate surface area is 168 Å². The number of phenols is 1. The molecule has 3 aromatic rings. The van der Waals surface area contributed by atoms with E-state index in [0.717, 1.165) is 11.1 Å². The van der Waals surface area contributed by atoms with Gasteiger partial charge >= 0.3 is 0 Å². The predicted molar refractivity (Wildman–Crippen MR) is 113 cm³/mol. The molecule has 146 valence electrons. The molecule has 0 aliphatic heterocycles. The summed E-state index contributed by atoms with van der Waals surface area (Å²) in [6.07, 6.45) is 0.312. The zero-order chi connectivity index (χ0) is 20.6. The fourth-order valence-corrected chi connectivity index (χ4v) is 2.66. The number of nitrogens with zero attached hydrogens (tertiary/aromatic N) is 1. The number of anilines is 1. The Morgan fingerprint density at radius 3 is 2.14 bits per heavy atom. The molecule has 0 aliphatic rings. The highest BCUT2D eigenvalue weighted by Crippen LogP contribution is 2.12. The van der Waals surface area contributed by atoms with Crippen LogP contribution in [0.5, 0.6) is 5.75 Å². The van der Waals surface area contributed by atoms with Crippen molar-refractivity contribution in [2.75, 3.05) is 5.32 Å². The SMILES string of the molecule is C/C(=N/NC(=O)c1ccc(O)cc1)c1ccc(NC(=O)Cc2ccccc2)cc1. The van der Waals surface area contributed by atoms with Gasteiger partial charge in [-0.15, -0.1) is 0 Å². The summed E-state index contributed by atoms with van der Waals surface area (Å²) >= 11 is 0. The molecule has 6 nitrogen and oxygen atoms in total. The lowest BCUT2D eigenvalue weighted by Crippen LogP contribution is -2.19. The van der Waals surface area contributed by atoms with Gasteiger partial charge in [0, 0.05) is 11.3 Å². The first-order chi connectivity index (χ1) is 14.0. The number of hydrazone groups is 1. The zero-order valence-corrected chi connectivity index (χ0v) is 15.9. The van der Waals surface area contributed by atoms with E-state index in [1.807, 2.05) is 42.5 Å². The first-order valence-electron chi connectivity index (χ1n) is 9.09. The Morgan fingerprint density at radius 1 is 0.862 bits per heavy atom. The third kappa shape index (κ3) is 5.77. The summed E-state index contributed by atoms with van der Waals surface area (Å²) in [4.78, 5) is 24.2. The van der Waals surface area contributed by atoms with Crippen LogP contribution < -0.4 is 10.7 Å². The van der Waals surface area contributed by atoms with E-state index in [9.17, 15) is 14.7 Å². The van der Waals surface area contributed by atoms with Gasteiger partial charge in [0.05, 0.1) is 12.1 Å². The van der Waals surface area contributed by atoms with Crippen LogP contribution >= 0.6 is 0 Å². The summed E-state index contributed by atoms with van der Waals surface area (Å²) in [5.41, 5.74) is 5.97. The number of hydrogen-bond donors (Lipinski definition) is 3. The van der Waals surface area contributed by atoms with Gasteiger partial charge in [-0.3, -0.25) is 9.59 Å². The van der Waals surface area contributed by atoms with E-state index >= 15 is 0 Å². The molecule has 0 saturated heterocycles. The maximum atomic E-state index is 12.1. The van der Waals surface area contributed by atoms with Gasteiger partial charge in [0.25, 0.3) is 5.91 Å². The number of aromatic hydroxyl groups is 1. The maximum Gasteiger partial charge on any atom is 0.271 e. The van der Waals surface area contributed by atoms with Gasteiger partial charge in [0.15, 0.2) is 0 Å². The minimum absolute atomic E-state index is 0.0875. The molecule has 3 rings (SSSR count). The van der Waals surface area contributed by atoms with Gasteiger partial charge in [-0.2, -0.15) is 5.10 Å². The smallest absolute Gasteiger partial charge is 0.271 e. The van der Waals surface area contributed by atoms with Crippen LogP contribution in [-0.4, -0.2) is 22.6 Å². The maximum absolute atomic E-state index is 12.1. The number of hydrogen-bond acceptors (Lipinski definition) is 4. The van der Waals surface area contributed by atoms with Crippen molar-refractivity contribution in [3.63, 3.8) is 0 Å². The van der Waals surface area contributed by atoms with Gasteiger partial charge in [-0.05, 0) is 54.4 Å². The van der Waals surface area contributed by atoms with Gasteiger partial charge in [0.1, 0.15) is 5.75 Å². The molecule has 0 aromatic heterocycles. The van der Waals surface area contributed by atoms with Gasteiger partial charge < -0.3 is 10.4 Å². The molecule has 3 N–H and O–H groups in total. The van der Waals surface area contributed by atoms with Crippen LogP contribution in [0.2, 0.25) is 0 Å². The van der Waals surface area contributed by atoms with Crippen molar-refractivity contribution in [3.8, 4) is 5.75 Å². The first kappa shape index (κ1) is 19.8. The second kappa shape index (κ2) is 9.32. The molecule has 3 aromatic carbocycles. The summed E-state index contributed by atoms with van der Waals surface area (Å²) in [5.74, 6) is -0.359. The zero-order valence-electron chi connectivity index (χ0n) is 15.9. The summed E-state index contributed by atoms with van der Waals surface area (Å²) < 4.78 is 0. The monoisotopic (exact) mass is 387 g/mol. The second-order valence-corrected chi connectivity index (χ2v) is 6.47. The van der Waals surface area contributed by atoms with E-state index in [-0.39, 0.29) is 17.6 Å². The molecule has 0 saturated carbocycles. The quantitative estimate of drug-likeness (QED) is 0.445. The minimum atomic E-state index is -0.367. The number of amides is 2. The van der Waals surface area contributed by atoms with E-state index in [4.69, 9.17) is 0 Å². The summed E-state index contributed by atoms with van der Waals surface area (Å²) in [7, 11) is 0. The molecule has 0 unspecified atom stereocenters. The molecule has 6 heteroatoms. The van der Waals surface area contributed by atoms with Gasteiger partial charge in [-0.1, -0.05) is 42.5 Å². The molecule has 0 aliphatic carbocycles. The second-order valence-electron chi connectivity index (χ2n) is 6.47. The first-order valence-corrected chi connectivity index (χ1v) is 9.09. The molecule has 0 fully saturated rings.